The van der Waals surface area contributed by atoms with Gasteiger partial charge >= 0.3 is 0 Å². The number of hydrogen-bond donors (Lipinski definition) is 0. The van der Waals surface area contributed by atoms with Gasteiger partial charge in [-0.3, -0.25) is 9.69 Å². The highest BCUT2D eigenvalue weighted by Gasteiger charge is 2.33. The third kappa shape index (κ3) is 3.18. The predicted molar refractivity (Wildman–Crippen MR) is 98.7 cm³/mol. The highest BCUT2D eigenvalue weighted by atomic mass is 32.2. The van der Waals surface area contributed by atoms with Gasteiger partial charge in [0, 0.05) is 18.9 Å². The molecular formula is C17H16N2O2S2. The van der Waals surface area contributed by atoms with Crippen molar-refractivity contribution in [2.45, 2.75) is 6.92 Å². The van der Waals surface area contributed by atoms with Gasteiger partial charge in [-0.15, -0.1) is 0 Å². The van der Waals surface area contributed by atoms with Crippen LogP contribution in [0.1, 0.15) is 12.6 Å². The van der Waals surface area contributed by atoms with Gasteiger partial charge in [-0.1, -0.05) is 24.0 Å². The van der Waals surface area contributed by atoms with E-state index in [-0.39, 0.29) is 5.91 Å². The van der Waals surface area contributed by atoms with E-state index in [1.165, 1.54) is 11.8 Å². The summed E-state index contributed by atoms with van der Waals surface area (Å²) >= 11 is 6.70. The number of ether oxygens (including phenoxy) is 1. The Kier molecular flexibility index (Phi) is 4.54. The molecular weight excluding hydrogens is 328 g/mol. The first kappa shape index (κ1) is 15.8. The van der Waals surface area contributed by atoms with E-state index in [1.54, 1.807) is 4.90 Å². The highest BCUT2D eigenvalue weighted by molar-refractivity contribution is 8.27. The molecule has 1 aromatic carbocycles. The monoisotopic (exact) mass is 344 g/mol. The molecule has 0 unspecified atom stereocenters. The smallest absolute Gasteiger partial charge is 0.270 e. The van der Waals surface area contributed by atoms with Crippen LogP contribution in [0.4, 0.5) is 5.69 Å². The van der Waals surface area contributed by atoms with E-state index >= 15 is 0 Å². The Morgan fingerprint density at radius 2 is 2.00 bits per heavy atom. The number of thioether (sulfide) groups is 1. The van der Waals surface area contributed by atoms with Crippen molar-refractivity contribution < 1.29 is 9.53 Å². The zero-order valence-electron chi connectivity index (χ0n) is 12.9. The second kappa shape index (κ2) is 6.60. The van der Waals surface area contributed by atoms with Crippen LogP contribution in [0.3, 0.4) is 0 Å². The van der Waals surface area contributed by atoms with Gasteiger partial charge in [-0.05, 0) is 49.4 Å². The minimum absolute atomic E-state index is 0.0923. The molecule has 0 radical (unpaired) electrons. The molecule has 0 N–H and O–H groups in total. The number of benzene rings is 1. The molecule has 23 heavy (non-hydrogen) atoms. The summed E-state index contributed by atoms with van der Waals surface area (Å²) in [4.78, 5) is 14.9. The summed E-state index contributed by atoms with van der Waals surface area (Å²) in [5.41, 5.74) is 1.73. The molecule has 6 heteroatoms. The SMILES string of the molecule is CCOc1ccc(N2C(=O)/C(=C\c3cccn3C)SC2=S)cc1. The fourth-order valence-corrected chi connectivity index (χ4v) is 3.59. The number of thiocarbonyl (C=S) groups is 1. The Hall–Kier alpha value is -2.05. The predicted octanol–water partition coefficient (Wildman–Crippen LogP) is 3.83. The lowest BCUT2D eigenvalue weighted by molar-refractivity contribution is -0.113. The maximum atomic E-state index is 12.7. The zero-order valence-corrected chi connectivity index (χ0v) is 14.5. The lowest BCUT2D eigenvalue weighted by atomic mass is 10.2. The second-order valence-electron chi connectivity index (χ2n) is 4.99. The molecule has 1 amide bonds. The summed E-state index contributed by atoms with van der Waals surface area (Å²) in [5, 5.41) is 0. The minimum atomic E-state index is -0.0923. The highest BCUT2D eigenvalue weighted by Crippen LogP contribution is 2.36. The van der Waals surface area contributed by atoms with Crippen LogP contribution < -0.4 is 9.64 Å². The lowest BCUT2D eigenvalue weighted by Crippen LogP contribution is -2.27. The van der Waals surface area contributed by atoms with Crippen LogP contribution in [-0.2, 0) is 11.8 Å². The van der Waals surface area contributed by atoms with Crippen molar-refractivity contribution in [3.8, 4) is 5.75 Å². The number of carbonyl (C=O) groups excluding carboxylic acids is 1. The maximum absolute atomic E-state index is 12.7. The van der Waals surface area contributed by atoms with Gasteiger partial charge in [-0.2, -0.15) is 0 Å². The average molecular weight is 344 g/mol. The van der Waals surface area contributed by atoms with Gasteiger partial charge in [0.05, 0.1) is 17.2 Å². The normalized spacial score (nSPS) is 16.4. The molecule has 1 aromatic heterocycles. The number of rotatable bonds is 4. The van der Waals surface area contributed by atoms with Crippen molar-refractivity contribution in [2.24, 2.45) is 7.05 Å². The molecule has 0 aliphatic carbocycles. The quantitative estimate of drug-likeness (QED) is 0.624. The number of hydrogen-bond acceptors (Lipinski definition) is 4. The topological polar surface area (TPSA) is 34.5 Å². The summed E-state index contributed by atoms with van der Waals surface area (Å²) in [6, 6.07) is 11.3. The van der Waals surface area contributed by atoms with Gasteiger partial charge in [0.2, 0.25) is 0 Å². The van der Waals surface area contributed by atoms with Crippen LogP contribution in [0.5, 0.6) is 5.75 Å². The van der Waals surface area contributed by atoms with Crippen LogP contribution in [0.2, 0.25) is 0 Å². The molecule has 1 fully saturated rings. The summed E-state index contributed by atoms with van der Waals surface area (Å²) in [5.74, 6) is 0.686. The molecule has 2 aromatic rings. The van der Waals surface area contributed by atoms with E-state index in [9.17, 15) is 4.79 Å². The molecule has 4 nitrogen and oxygen atoms in total. The average Bonchev–Trinajstić information content (AvgIpc) is 3.05. The number of carbonyl (C=O) groups is 1. The van der Waals surface area contributed by atoms with Crippen LogP contribution in [0.15, 0.2) is 47.5 Å². The van der Waals surface area contributed by atoms with Gasteiger partial charge in [-0.25, -0.2) is 0 Å². The van der Waals surface area contributed by atoms with Gasteiger partial charge < -0.3 is 9.30 Å². The van der Waals surface area contributed by atoms with Crippen LogP contribution >= 0.6 is 24.0 Å². The van der Waals surface area contributed by atoms with Crippen molar-refractivity contribution in [3.63, 3.8) is 0 Å². The third-order valence-corrected chi connectivity index (χ3v) is 4.76. The van der Waals surface area contributed by atoms with E-state index in [0.29, 0.717) is 15.8 Å². The molecule has 0 bridgehead atoms. The molecule has 118 valence electrons. The standard InChI is InChI=1S/C17H16N2O2S2/c1-3-21-14-8-6-12(7-9-14)19-16(20)15(23-17(19)22)11-13-5-4-10-18(13)2/h4-11H,3H2,1-2H3/b15-11+. The van der Waals surface area contributed by atoms with E-state index in [2.05, 4.69) is 0 Å². The van der Waals surface area contributed by atoms with Crippen molar-refractivity contribution in [3.05, 3.63) is 53.2 Å². The van der Waals surface area contributed by atoms with Crippen LogP contribution in [0, 0.1) is 0 Å². The maximum Gasteiger partial charge on any atom is 0.270 e. The summed E-state index contributed by atoms with van der Waals surface area (Å²) in [7, 11) is 1.94. The number of aryl methyl sites for hydroxylation is 1. The Bertz CT molecular complexity index is 778. The Morgan fingerprint density at radius 3 is 2.61 bits per heavy atom. The van der Waals surface area contributed by atoms with Crippen molar-refractivity contribution in [2.75, 3.05) is 11.5 Å². The number of amides is 1. The van der Waals surface area contributed by atoms with E-state index in [0.717, 1.165) is 17.1 Å². The van der Waals surface area contributed by atoms with Gasteiger partial charge in [0.1, 0.15) is 5.75 Å². The Labute approximate surface area is 144 Å². The van der Waals surface area contributed by atoms with Crippen LogP contribution in [-0.4, -0.2) is 21.4 Å². The molecule has 0 saturated carbocycles. The van der Waals surface area contributed by atoms with Crippen molar-refractivity contribution in [1.29, 1.82) is 0 Å². The molecule has 1 saturated heterocycles. The Morgan fingerprint density at radius 1 is 1.26 bits per heavy atom. The number of anilines is 1. The first-order valence-corrected chi connectivity index (χ1v) is 8.45. The first-order chi connectivity index (χ1) is 11.1. The lowest BCUT2D eigenvalue weighted by Gasteiger charge is -2.15. The minimum Gasteiger partial charge on any atom is -0.494 e. The molecule has 0 atom stereocenters. The zero-order chi connectivity index (χ0) is 16.4. The molecule has 2 heterocycles. The van der Waals surface area contributed by atoms with Gasteiger partial charge in [0.15, 0.2) is 4.32 Å². The first-order valence-electron chi connectivity index (χ1n) is 7.22. The number of aromatic nitrogens is 1. The van der Waals surface area contributed by atoms with Gasteiger partial charge in [0.25, 0.3) is 5.91 Å². The van der Waals surface area contributed by atoms with Crippen molar-refractivity contribution in [1.82, 2.24) is 4.57 Å². The fourth-order valence-electron chi connectivity index (χ4n) is 2.31. The number of nitrogens with zero attached hydrogens (tertiary/aromatic N) is 2. The van der Waals surface area contributed by atoms with E-state index < -0.39 is 0 Å². The molecule has 1 aliphatic rings. The molecule has 1 aliphatic heterocycles. The fraction of sp³-hybridized carbons (Fsp3) is 0.176. The Balaban J connectivity index is 1.87. The largest absolute Gasteiger partial charge is 0.494 e. The van der Waals surface area contributed by atoms with E-state index in [4.69, 9.17) is 17.0 Å². The second-order valence-corrected chi connectivity index (χ2v) is 6.66. The molecule has 3 rings (SSSR count). The third-order valence-electron chi connectivity index (χ3n) is 3.46. The van der Waals surface area contributed by atoms with E-state index in [1.807, 2.05) is 67.2 Å². The summed E-state index contributed by atoms with van der Waals surface area (Å²) in [6.45, 7) is 2.55. The molecule has 0 spiro atoms. The summed E-state index contributed by atoms with van der Waals surface area (Å²) < 4.78 is 7.93. The van der Waals surface area contributed by atoms with Crippen LogP contribution in [0.25, 0.3) is 6.08 Å². The summed E-state index contributed by atoms with van der Waals surface area (Å²) in [6.07, 6.45) is 3.81. The van der Waals surface area contributed by atoms with Crippen molar-refractivity contribution >= 4 is 46.0 Å².